The molecule has 1 amide bonds. The molecule has 0 saturated carbocycles. The van der Waals surface area contributed by atoms with Crippen LogP contribution in [0.4, 0.5) is 11.4 Å². The molecule has 1 aromatic rings. The van der Waals surface area contributed by atoms with Crippen molar-refractivity contribution in [1.29, 1.82) is 0 Å². The third-order valence-electron chi connectivity index (χ3n) is 3.35. The summed E-state index contributed by atoms with van der Waals surface area (Å²) in [5.41, 5.74) is 7.30. The van der Waals surface area contributed by atoms with Crippen LogP contribution in [0, 0.1) is 5.92 Å². The van der Waals surface area contributed by atoms with E-state index in [1.807, 2.05) is 12.1 Å². The number of nitrogens with one attached hydrogen (secondary N) is 1. The summed E-state index contributed by atoms with van der Waals surface area (Å²) in [7, 11) is 1.68. The van der Waals surface area contributed by atoms with Crippen LogP contribution >= 0.6 is 11.6 Å². The summed E-state index contributed by atoms with van der Waals surface area (Å²) in [5.74, 6) is 0.142. The predicted octanol–water partition coefficient (Wildman–Crippen LogP) is 1.88. The molecule has 3 N–H and O–H groups in total. The minimum atomic E-state index is 0.0392. The summed E-state index contributed by atoms with van der Waals surface area (Å²) in [6, 6.07) is 5.51. The van der Waals surface area contributed by atoms with Crippen molar-refractivity contribution in [3.05, 3.63) is 23.2 Å². The Kier molecular flexibility index (Phi) is 3.97. The number of nitrogens with zero attached hydrogens (tertiary/aromatic N) is 1. The highest BCUT2D eigenvalue weighted by molar-refractivity contribution is 6.33. The molecule has 0 aromatic heterocycles. The molecule has 1 heterocycles. The first kappa shape index (κ1) is 13.0. The van der Waals surface area contributed by atoms with Crippen LogP contribution in [0.2, 0.25) is 5.02 Å². The van der Waals surface area contributed by atoms with E-state index in [-0.39, 0.29) is 11.8 Å². The lowest BCUT2D eigenvalue weighted by Crippen LogP contribution is -2.42. The molecule has 1 aliphatic rings. The lowest BCUT2D eigenvalue weighted by molar-refractivity contribution is -0.124. The fourth-order valence-corrected chi connectivity index (χ4v) is 2.70. The molecule has 0 spiro atoms. The lowest BCUT2D eigenvalue weighted by atomic mass is 9.96. The third-order valence-corrected chi connectivity index (χ3v) is 3.65. The monoisotopic (exact) mass is 267 g/mol. The van der Waals surface area contributed by atoms with E-state index < -0.39 is 0 Å². The van der Waals surface area contributed by atoms with Gasteiger partial charge in [-0.1, -0.05) is 11.6 Å². The molecule has 18 heavy (non-hydrogen) atoms. The predicted molar refractivity (Wildman–Crippen MR) is 74.9 cm³/mol. The second-order valence-corrected chi connectivity index (χ2v) is 5.02. The molecule has 0 radical (unpaired) electrons. The molecule has 1 fully saturated rings. The fraction of sp³-hybridized carbons (Fsp3) is 0.462. The minimum Gasteiger partial charge on any atom is -0.399 e. The van der Waals surface area contributed by atoms with Crippen LogP contribution in [0.1, 0.15) is 12.8 Å². The Hall–Kier alpha value is -1.42. The van der Waals surface area contributed by atoms with Crippen LogP contribution in [-0.4, -0.2) is 26.0 Å². The van der Waals surface area contributed by atoms with E-state index in [9.17, 15) is 4.79 Å². The Balaban J connectivity index is 2.15. The van der Waals surface area contributed by atoms with Gasteiger partial charge >= 0.3 is 0 Å². The number of carbonyl (C=O) groups excluding carboxylic acids is 1. The molecule has 98 valence electrons. The maximum atomic E-state index is 11.7. The number of nitrogen functional groups attached to an aromatic ring is 1. The molecule has 1 saturated heterocycles. The van der Waals surface area contributed by atoms with Crippen molar-refractivity contribution < 1.29 is 4.79 Å². The van der Waals surface area contributed by atoms with Crippen molar-refractivity contribution in [1.82, 2.24) is 5.32 Å². The zero-order valence-corrected chi connectivity index (χ0v) is 11.2. The van der Waals surface area contributed by atoms with Crippen molar-refractivity contribution in [2.75, 3.05) is 30.8 Å². The molecule has 4 nitrogen and oxygen atoms in total. The van der Waals surface area contributed by atoms with Crippen molar-refractivity contribution in [3.8, 4) is 0 Å². The number of carbonyl (C=O) groups is 1. The van der Waals surface area contributed by atoms with Gasteiger partial charge in [-0.25, -0.2) is 0 Å². The van der Waals surface area contributed by atoms with E-state index in [1.54, 1.807) is 13.1 Å². The average Bonchev–Trinajstić information content (AvgIpc) is 2.38. The van der Waals surface area contributed by atoms with E-state index in [0.717, 1.165) is 25.1 Å². The number of anilines is 2. The lowest BCUT2D eigenvalue weighted by Gasteiger charge is -2.34. The van der Waals surface area contributed by atoms with Gasteiger partial charge < -0.3 is 16.0 Å². The summed E-state index contributed by atoms with van der Waals surface area (Å²) < 4.78 is 0. The summed E-state index contributed by atoms with van der Waals surface area (Å²) in [5, 5.41) is 3.36. The van der Waals surface area contributed by atoms with E-state index in [1.165, 1.54) is 0 Å². The SMILES string of the molecule is CNC(=O)C1CCCN(c2ccc(N)cc2Cl)C1. The Morgan fingerprint density at radius 2 is 2.33 bits per heavy atom. The fourth-order valence-electron chi connectivity index (χ4n) is 2.39. The summed E-state index contributed by atoms with van der Waals surface area (Å²) in [4.78, 5) is 13.8. The molecule has 2 rings (SSSR count). The second kappa shape index (κ2) is 5.48. The van der Waals surface area contributed by atoms with Gasteiger partial charge in [0.25, 0.3) is 0 Å². The van der Waals surface area contributed by atoms with Crippen LogP contribution in [-0.2, 0) is 4.79 Å². The van der Waals surface area contributed by atoms with E-state index >= 15 is 0 Å². The third kappa shape index (κ3) is 2.70. The molecule has 1 aromatic carbocycles. The number of piperidine rings is 1. The molecule has 1 atom stereocenters. The van der Waals surface area contributed by atoms with Crippen molar-refractivity contribution in [2.45, 2.75) is 12.8 Å². The highest BCUT2D eigenvalue weighted by Crippen LogP contribution is 2.31. The first-order valence-corrected chi connectivity index (χ1v) is 6.51. The zero-order chi connectivity index (χ0) is 13.1. The Labute approximate surface area is 112 Å². The number of rotatable bonds is 2. The highest BCUT2D eigenvalue weighted by atomic mass is 35.5. The van der Waals surface area contributed by atoms with Gasteiger partial charge in [0.05, 0.1) is 16.6 Å². The normalized spacial score (nSPS) is 19.7. The molecule has 1 unspecified atom stereocenters. The van der Waals surface area contributed by atoms with Crippen molar-refractivity contribution in [3.63, 3.8) is 0 Å². The topological polar surface area (TPSA) is 58.4 Å². The van der Waals surface area contributed by atoms with Gasteiger partial charge in [-0.3, -0.25) is 4.79 Å². The molecule has 0 aliphatic carbocycles. The largest absolute Gasteiger partial charge is 0.399 e. The van der Waals surface area contributed by atoms with Gasteiger partial charge in [0, 0.05) is 25.8 Å². The molecule has 5 heteroatoms. The maximum Gasteiger partial charge on any atom is 0.224 e. The van der Waals surface area contributed by atoms with Gasteiger partial charge in [-0.15, -0.1) is 0 Å². The van der Waals surface area contributed by atoms with Gasteiger partial charge in [0.15, 0.2) is 0 Å². The van der Waals surface area contributed by atoms with Crippen molar-refractivity contribution in [2.24, 2.45) is 5.92 Å². The Morgan fingerprint density at radius 1 is 1.56 bits per heavy atom. The number of benzene rings is 1. The average molecular weight is 268 g/mol. The smallest absolute Gasteiger partial charge is 0.224 e. The van der Waals surface area contributed by atoms with Crippen LogP contribution in [0.15, 0.2) is 18.2 Å². The van der Waals surface area contributed by atoms with Gasteiger partial charge in [-0.05, 0) is 31.0 Å². The maximum absolute atomic E-state index is 11.7. The van der Waals surface area contributed by atoms with Crippen molar-refractivity contribution >= 4 is 28.9 Å². The summed E-state index contributed by atoms with van der Waals surface area (Å²) >= 11 is 6.20. The van der Waals surface area contributed by atoms with Crippen LogP contribution in [0.3, 0.4) is 0 Å². The zero-order valence-electron chi connectivity index (χ0n) is 10.4. The number of hydrogen-bond donors (Lipinski definition) is 2. The summed E-state index contributed by atoms with van der Waals surface area (Å²) in [6.45, 7) is 1.64. The first-order valence-electron chi connectivity index (χ1n) is 6.13. The highest BCUT2D eigenvalue weighted by Gasteiger charge is 2.26. The van der Waals surface area contributed by atoms with E-state index in [4.69, 9.17) is 17.3 Å². The van der Waals surface area contributed by atoms with Gasteiger partial charge in [0.1, 0.15) is 0 Å². The first-order chi connectivity index (χ1) is 8.61. The number of nitrogens with two attached hydrogens (primary N) is 1. The number of halogens is 1. The molecular weight excluding hydrogens is 250 g/mol. The number of amides is 1. The quantitative estimate of drug-likeness (QED) is 0.805. The van der Waals surface area contributed by atoms with Gasteiger partial charge in [-0.2, -0.15) is 0 Å². The molecular formula is C13H18ClN3O. The Bertz CT molecular complexity index is 450. The Morgan fingerprint density at radius 3 is 3.00 bits per heavy atom. The number of hydrogen-bond acceptors (Lipinski definition) is 3. The molecule has 0 bridgehead atoms. The van der Waals surface area contributed by atoms with E-state index in [2.05, 4.69) is 10.2 Å². The molecule has 1 aliphatic heterocycles. The van der Waals surface area contributed by atoms with Crippen LogP contribution in [0.25, 0.3) is 0 Å². The van der Waals surface area contributed by atoms with Gasteiger partial charge in [0.2, 0.25) is 5.91 Å². The minimum absolute atomic E-state index is 0.0392. The second-order valence-electron chi connectivity index (χ2n) is 4.61. The standard InChI is InChI=1S/C13H18ClN3O/c1-16-13(18)9-3-2-6-17(8-9)12-5-4-10(15)7-11(12)14/h4-5,7,9H,2-3,6,8,15H2,1H3,(H,16,18). The summed E-state index contributed by atoms with van der Waals surface area (Å²) in [6.07, 6.45) is 1.93. The van der Waals surface area contributed by atoms with Crippen LogP contribution < -0.4 is 16.0 Å². The van der Waals surface area contributed by atoms with Crippen LogP contribution in [0.5, 0.6) is 0 Å². The van der Waals surface area contributed by atoms with E-state index in [0.29, 0.717) is 17.3 Å².